The van der Waals surface area contributed by atoms with Gasteiger partial charge in [-0.05, 0) is 49.4 Å². The van der Waals surface area contributed by atoms with Crippen LogP contribution < -0.4 is 4.90 Å². The number of nitrogens with zero attached hydrogens (tertiary/aromatic N) is 1. The number of hydrogen-bond acceptors (Lipinski definition) is 2. The Balaban J connectivity index is 1.83. The molecule has 98 valence electrons. The molecule has 4 heteroatoms. The van der Waals surface area contributed by atoms with Gasteiger partial charge >= 0.3 is 5.97 Å². The lowest BCUT2D eigenvalue weighted by atomic mass is 9.92. The zero-order chi connectivity index (χ0) is 13.0. The molecule has 1 heterocycles. The summed E-state index contributed by atoms with van der Waals surface area (Å²) in [5.41, 5.74) is 1.05. The first-order valence-corrected chi connectivity index (χ1v) is 6.37. The highest BCUT2D eigenvalue weighted by Crippen LogP contribution is 2.26. The van der Waals surface area contributed by atoms with Crippen molar-refractivity contribution in [2.45, 2.75) is 25.7 Å². The first-order valence-electron chi connectivity index (χ1n) is 6.37. The molecule has 0 aromatic heterocycles. The van der Waals surface area contributed by atoms with Gasteiger partial charge in [0.15, 0.2) is 0 Å². The molecule has 1 fully saturated rings. The van der Waals surface area contributed by atoms with E-state index in [2.05, 4.69) is 4.90 Å². The van der Waals surface area contributed by atoms with Crippen LogP contribution in [0.25, 0.3) is 0 Å². The molecule has 0 unspecified atom stereocenters. The van der Waals surface area contributed by atoms with Gasteiger partial charge in [-0.2, -0.15) is 0 Å². The van der Waals surface area contributed by atoms with Gasteiger partial charge in [0.1, 0.15) is 5.82 Å². The highest BCUT2D eigenvalue weighted by Gasteiger charge is 2.19. The minimum Gasteiger partial charge on any atom is -0.481 e. The Morgan fingerprint density at radius 1 is 1.28 bits per heavy atom. The number of benzene rings is 1. The molecule has 1 aliphatic rings. The largest absolute Gasteiger partial charge is 0.481 e. The van der Waals surface area contributed by atoms with Gasteiger partial charge in [0.25, 0.3) is 0 Å². The average molecular weight is 251 g/mol. The number of piperidine rings is 1. The van der Waals surface area contributed by atoms with E-state index in [4.69, 9.17) is 5.11 Å². The fraction of sp³-hybridized carbons (Fsp3) is 0.500. The predicted molar refractivity (Wildman–Crippen MR) is 68.2 cm³/mol. The molecule has 1 aliphatic heterocycles. The van der Waals surface area contributed by atoms with Gasteiger partial charge in [0.05, 0.1) is 0 Å². The van der Waals surface area contributed by atoms with E-state index in [9.17, 15) is 9.18 Å². The molecule has 0 saturated carbocycles. The second-order valence-electron chi connectivity index (χ2n) is 4.84. The zero-order valence-electron chi connectivity index (χ0n) is 10.3. The molecular weight excluding hydrogens is 233 g/mol. The molecule has 0 amide bonds. The molecule has 0 radical (unpaired) electrons. The molecule has 1 aromatic carbocycles. The molecule has 0 aliphatic carbocycles. The number of carboxylic acid groups (broad SMARTS) is 1. The van der Waals surface area contributed by atoms with Crippen LogP contribution in [-0.4, -0.2) is 24.2 Å². The van der Waals surface area contributed by atoms with E-state index >= 15 is 0 Å². The molecule has 0 atom stereocenters. The normalized spacial score (nSPS) is 16.8. The third kappa shape index (κ3) is 3.45. The lowest BCUT2D eigenvalue weighted by Gasteiger charge is -2.33. The lowest BCUT2D eigenvalue weighted by molar-refractivity contribution is -0.137. The van der Waals surface area contributed by atoms with Gasteiger partial charge < -0.3 is 10.0 Å². The summed E-state index contributed by atoms with van der Waals surface area (Å²) in [6.07, 6.45) is 3.07. The van der Waals surface area contributed by atoms with Crippen molar-refractivity contribution >= 4 is 11.7 Å². The van der Waals surface area contributed by atoms with Gasteiger partial charge in [0.2, 0.25) is 0 Å². The Labute approximate surface area is 106 Å². The van der Waals surface area contributed by atoms with Crippen LogP contribution in [0.1, 0.15) is 25.7 Å². The summed E-state index contributed by atoms with van der Waals surface area (Å²) < 4.78 is 12.8. The van der Waals surface area contributed by atoms with Crippen LogP contribution >= 0.6 is 0 Å². The van der Waals surface area contributed by atoms with E-state index in [1.165, 1.54) is 12.1 Å². The second-order valence-corrected chi connectivity index (χ2v) is 4.84. The molecule has 0 spiro atoms. The molecule has 1 N–H and O–H groups in total. The summed E-state index contributed by atoms with van der Waals surface area (Å²) in [7, 11) is 0. The number of halogens is 1. The van der Waals surface area contributed by atoms with E-state index in [1.54, 1.807) is 12.1 Å². The Morgan fingerprint density at radius 2 is 1.89 bits per heavy atom. The van der Waals surface area contributed by atoms with Crippen LogP contribution in [0.4, 0.5) is 10.1 Å². The zero-order valence-corrected chi connectivity index (χ0v) is 10.3. The molecular formula is C14H18FNO2. The number of anilines is 1. The van der Waals surface area contributed by atoms with Crippen molar-refractivity contribution in [1.29, 1.82) is 0 Å². The summed E-state index contributed by atoms with van der Waals surface area (Å²) in [5, 5.41) is 8.65. The maximum Gasteiger partial charge on any atom is 0.303 e. The van der Waals surface area contributed by atoms with Crippen LogP contribution in [0.5, 0.6) is 0 Å². The Morgan fingerprint density at radius 3 is 2.44 bits per heavy atom. The van der Waals surface area contributed by atoms with Gasteiger partial charge in [-0.1, -0.05) is 0 Å². The third-order valence-electron chi connectivity index (χ3n) is 3.57. The minimum absolute atomic E-state index is 0.213. The third-order valence-corrected chi connectivity index (χ3v) is 3.57. The van der Waals surface area contributed by atoms with Gasteiger partial charge in [-0.3, -0.25) is 4.79 Å². The number of hydrogen-bond donors (Lipinski definition) is 1. The highest BCUT2D eigenvalue weighted by molar-refractivity contribution is 5.66. The van der Waals surface area contributed by atoms with E-state index in [-0.39, 0.29) is 12.2 Å². The van der Waals surface area contributed by atoms with Crippen molar-refractivity contribution in [2.75, 3.05) is 18.0 Å². The van der Waals surface area contributed by atoms with Gasteiger partial charge in [0, 0.05) is 25.2 Å². The van der Waals surface area contributed by atoms with Crippen molar-refractivity contribution in [3.8, 4) is 0 Å². The van der Waals surface area contributed by atoms with E-state index in [1.807, 2.05) is 0 Å². The lowest BCUT2D eigenvalue weighted by Crippen LogP contribution is -2.33. The van der Waals surface area contributed by atoms with Crippen LogP contribution in [-0.2, 0) is 4.79 Å². The average Bonchev–Trinajstić information content (AvgIpc) is 2.38. The first-order chi connectivity index (χ1) is 8.65. The number of carboxylic acids is 1. The van der Waals surface area contributed by atoms with Crippen molar-refractivity contribution in [2.24, 2.45) is 5.92 Å². The Kier molecular flexibility index (Phi) is 4.18. The summed E-state index contributed by atoms with van der Waals surface area (Å²) in [6.45, 7) is 1.85. The van der Waals surface area contributed by atoms with E-state index < -0.39 is 5.97 Å². The number of aliphatic carboxylic acids is 1. The summed E-state index contributed by atoms with van der Waals surface area (Å²) in [4.78, 5) is 12.7. The maximum atomic E-state index is 12.8. The SMILES string of the molecule is O=C(O)CCC1CCN(c2ccc(F)cc2)CC1. The Hall–Kier alpha value is -1.58. The number of rotatable bonds is 4. The molecule has 1 saturated heterocycles. The van der Waals surface area contributed by atoms with Crippen LogP contribution in [0.15, 0.2) is 24.3 Å². The minimum atomic E-state index is -0.712. The fourth-order valence-corrected chi connectivity index (χ4v) is 2.46. The fourth-order valence-electron chi connectivity index (χ4n) is 2.46. The summed E-state index contributed by atoms with van der Waals surface area (Å²) in [6, 6.07) is 6.55. The predicted octanol–water partition coefficient (Wildman–Crippen LogP) is 2.91. The monoisotopic (exact) mass is 251 g/mol. The topological polar surface area (TPSA) is 40.5 Å². The molecule has 2 rings (SSSR count). The van der Waals surface area contributed by atoms with Crippen molar-refractivity contribution in [1.82, 2.24) is 0 Å². The standard InChI is InChI=1S/C14H18FNO2/c15-12-2-4-13(5-3-12)16-9-7-11(8-10-16)1-6-14(17)18/h2-5,11H,1,6-10H2,(H,17,18). The summed E-state index contributed by atoms with van der Waals surface area (Å²) in [5.74, 6) is -0.413. The van der Waals surface area contributed by atoms with Crippen LogP contribution in [0.3, 0.4) is 0 Å². The molecule has 0 bridgehead atoms. The highest BCUT2D eigenvalue weighted by atomic mass is 19.1. The second kappa shape index (κ2) is 5.85. The van der Waals surface area contributed by atoms with Crippen molar-refractivity contribution in [3.05, 3.63) is 30.1 Å². The van der Waals surface area contributed by atoms with E-state index in [0.29, 0.717) is 5.92 Å². The van der Waals surface area contributed by atoms with Crippen molar-refractivity contribution in [3.63, 3.8) is 0 Å². The molecule has 18 heavy (non-hydrogen) atoms. The molecule has 1 aromatic rings. The quantitative estimate of drug-likeness (QED) is 0.894. The molecule has 3 nitrogen and oxygen atoms in total. The number of carbonyl (C=O) groups is 1. The van der Waals surface area contributed by atoms with Gasteiger partial charge in [-0.15, -0.1) is 0 Å². The van der Waals surface area contributed by atoms with Crippen LogP contribution in [0.2, 0.25) is 0 Å². The smallest absolute Gasteiger partial charge is 0.303 e. The van der Waals surface area contributed by atoms with E-state index in [0.717, 1.165) is 38.0 Å². The first kappa shape index (κ1) is 12.9. The van der Waals surface area contributed by atoms with Gasteiger partial charge in [-0.25, -0.2) is 4.39 Å². The summed E-state index contributed by atoms with van der Waals surface area (Å²) >= 11 is 0. The van der Waals surface area contributed by atoms with Crippen molar-refractivity contribution < 1.29 is 14.3 Å². The Bertz CT molecular complexity index is 397. The van der Waals surface area contributed by atoms with Crippen LogP contribution in [0, 0.1) is 11.7 Å². The maximum absolute atomic E-state index is 12.8.